The quantitative estimate of drug-likeness (QED) is 0.104. The zero-order valence-corrected chi connectivity index (χ0v) is 43.6. The van der Waals surface area contributed by atoms with E-state index in [2.05, 4.69) is 5.32 Å². The van der Waals surface area contributed by atoms with E-state index in [9.17, 15) is 86.2 Å². The van der Waals surface area contributed by atoms with Crippen LogP contribution in [0.3, 0.4) is 0 Å². The maximum absolute atomic E-state index is 13.9. The Balaban J connectivity index is 1.97. The van der Waals surface area contributed by atoms with Crippen molar-refractivity contribution < 1.29 is 105 Å². The van der Waals surface area contributed by atoms with Crippen LogP contribution in [0.25, 0.3) is 0 Å². The first-order chi connectivity index (χ1) is 35.8. The van der Waals surface area contributed by atoms with Crippen LogP contribution in [0.4, 0.5) is 0 Å². The molecular formula is C53H86N2O21. The number of nitrogens with one attached hydrogen (secondary N) is 1. The monoisotopic (exact) mass is 1090 g/mol. The summed E-state index contributed by atoms with van der Waals surface area (Å²) in [5.74, 6) is -6.61. The summed E-state index contributed by atoms with van der Waals surface area (Å²) in [6.45, 7) is 4.94. The van der Waals surface area contributed by atoms with E-state index in [1.54, 1.807) is 86.8 Å². The number of esters is 1. The molecule has 3 heterocycles. The molecule has 3 rings (SSSR count). The fourth-order valence-electron chi connectivity index (χ4n) is 9.00. The van der Waals surface area contributed by atoms with Crippen LogP contribution >= 0.6 is 0 Å². The van der Waals surface area contributed by atoms with Crippen molar-refractivity contribution in [3.63, 3.8) is 0 Å². The van der Waals surface area contributed by atoms with Crippen LogP contribution in [0.2, 0.25) is 0 Å². The molecule has 0 aromatic heterocycles. The van der Waals surface area contributed by atoms with E-state index >= 15 is 0 Å². The van der Waals surface area contributed by atoms with Crippen LogP contribution in [0.1, 0.15) is 79.1 Å². The van der Waals surface area contributed by atoms with Gasteiger partial charge in [0, 0.05) is 44.1 Å². The lowest BCUT2D eigenvalue weighted by Gasteiger charge is -2.46. The summed E-state index contributed by atoms with van der Waals surface area (Å²) in [6.07, 6.45) is -6.27. The maximum atomic E-state index is 13.9. The molecule has 18 N–H and O–H groups in total. The number of fused-ring (bicyclic) bond motifs is 2. The van der Waals surface area contributed by atoms with Gasteiger partial charge in [-0.1, -0.05) is 98.9 Å². The predicted octanol–water partition coefficient (Wildman–Crippen LogP) is -2.82. The Bertz CT molecular complexity index is 1930. The molecule has 7 unspecified atom stereocenters. The number of aliphatic hydroxyl groups is 15. The molecule has 434 valence electrons. The van der Waals surface area contributed by atoms with Gasteiger partial charge in [-0.3, -0.25) is 9.59 Å². The lowest BCUT2D eigenvalue weighted by atomic mass is 9.82. The van der Waals surface area contributed by atoms with Gasteiger partial charge in [-0.25, -0.2) is 0 Å². The summed E-state index contributed by atoms with van der Waals surface area (Å²) in [6, 6.07) is -1.22. The molecular weight excluding hydrogens is 1000 g/mol. The van der Waals surface area contributed by atoms with Crippen molar-refractivity contribution >= 4 is 11.9 Å². The summed E-state index contributed by atoms with van der Waals surface area (Å²) in [4.78, 5) is 26.6. The fourth-order valence-corrected chi connectivity index (χ4v) is 9.00. The topological polar surface area (TPSA) is 413 Å². The van der Waals surface area contributed by atoms with Gasteiger partial charge in [0.25, 0.3) is 0 Å². The van der Waals surface area contributed by atoms with Crippen molar-refractivity contribution in [3.05, 3.63) is 85.1 Å². The fraction of sp³-hybridized carbons (Fsp3) is 0.698. The van der Waals surface area contributed by atoms with Gasteiger partial charge in [0.2, 0.25) is 5.91 Å². The summed E-state index contributed by atoms with van der Waals surface area (Å²) < 4.78 is 23.5. The standard InChI is InChI=1S/C53H86N2O21/c1-29-17-15-13-11-9-7-5-6-8-10-12-14-16-18-36(75-52-50(70)45(54)47(67)32(4)74-52)24-42-44(51(71)55-27-40(63)48(68)49(69)41(64)28-56)39(62)26-53(72,76-42)25-35(59)22-38(61)37(60)20-19-33(57)21-34(58)23-43(65)73-31(3)30(2)46(29)66/h5-18,29-42,44-50,52,56-64,66-70,72H,19-28,54H2,1-4H3,(H,55,71)/t29-,30-,31-,32+,33+,34+,35-,36-,37+,38+,39-,40?,41?,42?,44?,45-,46+,47+,48?,49?,50-,52?,53+/m0/s1. The highest BCUT2D eigenvalue weighted by Gasteiger charge is 2.51. The molecule has 76 heavy (non-hydrogen) atoms. The molecule has 0 aromatic carbocycles. The molecule has 3 aliphatic heterocycles. The van der Waals surface area contributed by atoms with Crippen LogP contribution in [0.15, 0.2) is 85.1 Å². The van der Waals surface area contributed by atoms with Crippen LogP contribution in [-0.4, -0.2) is 224 Å². The molecule has 0 saturated carbocycles. The number of cyclic esters (lactones) is 1. The first-order valence-electron chi connectivity index (χ1n) is 25.9. The lowest BCUT2D eigenvalue weighted by Crippen LogP contribution is -2.62. The summed E-state index contributed by atoms with van der Waals surface area (Å²) in [7, 11) is 0. The van der Waals surface area contributed by atoms with Gasteiger partial charge in [-0.15, -0.1) is 0 Å². The van der Waals surface area contributed by atoms with E-state index in [4.69, 9.17) is 24.7 Å². The molecule has 2 saturated heterocycles. The zero-order valence-electron chi connectivity index (χ0n) is 43.6. The average Bonchev–Trinajstić information content (AvgIpc) is 3.35. The van der Waals surface area contributed by atoms with Crippen molar-refractivity contribution in [2.45, 2.75) is 201 Å². The number of carbonyl (C=O) groups excluding carboxylic acids is 2. The highest BCUT2D eigenvalue weighted by atomic mass is 16.7. The van der Waals surface area contributed by atoms with E-state index in [1.807, 2.05) is 6.92 Å². The maximum Gasteiger partial charge on any atom is 0.308 e. The van der Waals surface area contributed by atoms with Crippen LogP contribution in [0, 0.1) is 17.8 Å². The van der Waals surface area contributed by atoms with E-state index in [1.165, 1.54) is 19.1 Å². The molecule has 23 atom stereocenters. The number of hydrogen-bond donors (Lipinski definition) is 17. The Morgan fingerprint density at radius 1 is 0.684 bits per heavy atom. The second-order valence-corrected chi connectivity index (χ2v) is 20.3. The molecule has 3 aliphatic rings. The SMILES string of the molecule is C[C@@H]1[C@H](O)[C@@H](C)C=CC=CC=CC=CC=CC=CC=C[C@H](OC2O[C@H](C)[C@@H](O)[C@H](N)[C@@H]2O)CC2O[C@](O)(C[C@@H](O)C[C@@H](O)[C@H](O)CC[C@@H](O)C[C@@H](O)CC(=O)O[C@H]1C)C[C@H](O)C2C(=O)NCC(O)C(O)C(O)C(O)CO. The Kier molecular flexibility index (Phi) is 29.0. The molecule has 0 spiro atoms. The normalized spacial score (nSPS) is 39.4. The number of allylic oxidation sites excluding steroid dienone is 12. The van der Waals surface area contributed by atoms with Crippen molar-refractivity contribution in [1.82, 2.24) is 5.32 Å². The Labute approximate surface area is 443 Å². The highest BCUT2D eigenvalue weighted by Crippen LogP contribution is 2.38. The van der Waals surface area contributed by atoms with Gasteiger partial charge < -0.3 is 107 Å². The van der Waals surface area contributed by atoms with E-state index < -0.39 is 191 Å². The third-order valence-corrected chi connectivity index (χ3v) is 13.9. The lowest BCUT2D eigenvalue weighted by molar-refractivity contribution is -0.307. The molecule has 23 nitrogen and oxygen atoms in total. The number of nitrogens with two attached hydrogens (primary N) is 1. The molecule has 0 radical (unpaired) electrons. The van der Waals surface area contributed by atoms with Crippen LogP contribution in [0.5, 0.6) is 0 Å². The van der Waals surface area contributed by atoms with Gasteiger partial charge in [-0.05, 0) is 33.1 Å². The average molecular weight is 1090 g/mol. The number of aliphatic hydroxyl groups excluding tert-OH is 14. The van der Waals surface area contributed by atoms with Crippen LogP contribution in [-0.2, 0) is 28.5 Å². The summed E-state index contributed by atoms with van der Waals surface area (Å²) in [5, 5.41) is 162. The number of carbonyl (C=O) groups is 2. The Morgan fingerprint density at radius 3 is 1.84 bits per heavy atom. The molecule has 0 aromatic rings. The molecule has 2 fully saturated rings. The first kappa shape index (κ1) is 66.6. The number of rotatable bonds is 9. The van der Waals surface area contributed by atoms with Gasteiger partial charge in [0.05, 0.1) is 98.2 Å². The number of amides is 1. The first-order valence-corrected chi connectivity index (χ1v) is 25.9. The second-order valence-electron chi connectivity index (χ2n) is 20.3. The zero-order chi connectivity index (χ0) is 56.9. The smallest absolute Gasteiger partial charge is 0.308 e. The van der Waals surface area contributed by atoms with Crippen LogP contribution < -0.4 is 11.1 Å². The minimum absolute atomic E-state index is 0.155. The van der Waals surface area contributed by atoms with Gasteiger partial charge in [0.1, 0.15) is 30.5 Å². The third kappa shape index (κ3) is 21.9. The van der Waals surface area contributed by atoms with E-state index in [-0.39, 0.29) is 25.2 Å². The predicted molar refractivity (Wildman–Crippen MR) is 273 cm³/mol. The van der Waals surface area contributed by atoms with E-state index in [0.717, 1.165) is 0 Å². The van der Waals surface area contributed by atoms with Crippen molar-refractivity contribution in [2.75, 3.05) is 13.2 Å². The highest BCUT2D eigenvalue weighted by molar-refractivity contribution is 5.80. The van der Waals surface area contributed by atoms with Gasteiger partial charge >= 0.3 is 5.97 Å². The molecule has 2 bridgehead atoms. The van der Waals surface area contributed by atoms with E-state index in [0.29, 0.717) is 0 Å². The van der Waals surface area contributed by atoms with Crippen molar-refractivity contribution in [3.8, 4) is 0 Å². The summed E-state index contributed by atoms with van der Waals surface area (Å²) >= 11 is 0. The molecule has 1 amide bonds. The Hall–Kier alpha value is -3.64. The molecule has 0 aliphatic carbocycles. The molecule has 23 heteroatoms. The van der Waals surface area contributed by atoms with Gasteiger partial charge in [0.15, 0.2) is 12.1 Å². The minimum atomic E-state index is -2.45. The largest absolute Gasteiger partial charge is 0.462 e. The third-order valence-electron chi connectivity index (χ3n) is 13.9. The second kappa shape index (κ2) is 33.1. The summed E-state index contributed by atoms with van der Waals surface area (Å²) in [5.41, 5.74) is 6.08. The number of hydrogen-bond acceptors (Lipinski definition) is 22. The minimum Gasteiger partial charge on any atom is -0.462 e. The number of ether oxygens (including phenoxy) is 4. The Morgan fingerprint density at radius 2 is 1.25 bits per heavy atom. The van der Waals surface area contributed by atoms with Crippen molar-refractivity contribution in [2.24, 2.45) is 23.5 Å². The van der Waals surface area contributed by atoms with Crippen molar-refractivity contribution in [1.29, 1.82) is 0 Å². The van der Waals surface area contributed by atoms with Gasteiger partial charge in [-0.2, -0.15) is 0 Å².